The summed E-state index contributed by atoms with van der Waals surface area (Å²) in [6.45, 7) is -1.13. The monoisotopic (exact) mass is 484 g/mol. The highest BCUT2D eigenvalue weighted by Crippen LogP contribution is 2.23. The van der Waals surface area contributed by atoms with Crippen molar-refractivity contribution in [1.29, 1.82) is 0 Å². The molecule has 1 amide bonds. The third-order valence-corrected chi connectivity index (χ3v) is 4.76. The number of rotatable bonds is 9. The predicted molar refractivity (Wildman–Crippen MR) is 114 cm³/mol. The van der Waals surface area contributed by atoms with E-state index < -0.39 is 37.2 Å². The number of aromatic nitrogens is 4. The molecule has 3 aromatic rings. The van der Waals surface area contributed by atoms with E-state index in [-0.39, 0.29) is 24.1 Å². The summed E-state index contributed by atoms with van der Waals surface area (Å²) >= 11 is 5.96. The standard InChI is InChI=1S/C20H20ClF3N6O3/c21-13-3-1-2-11(4-13)16(9-32)29-18(33)15-5-12(7-25-15)17-26-10-27-19(30-17)28-14(8-31)6-20(22,23)24/h1-5,7,10,14,16,25,31-32H,6,8-9H2,(H,29,33)(H,26,27,28,30)/t14?,16-/m1/s1. The van der Waals surface area contributed by atoms with Gasteiger partial charge in [0.25, 0.3) is 5.91 Å². The lowest BCUT2D eigenvalue weighted by atomic mass is 10.1. The van der Waals surface area contributed by atoms with Crippen LogP contribution in [0, 0.1) is 0 Å². The van der Waals surface area contributed by atoms with Crippen LogP contribution in [0.4, 0.5) is 19.1 Å². The van der Waals surface area contributed by atoms with Crippen LogP contribution in [0.15, 0.2) is 42.9 Å². The number of carbonyl (C=O) groups is 1. The Morgan fingerprint density at radius 1 is 1.18 bits per heavy atom. The van der Waals surface area contributed by atoms with Gasteiger partial charge in [0, 0.05) is 16.8 Å². The van der Waals surface area contributed by atoms with Gasteiger partial charge in [-0.05, 0) is 23.8 Å². The lowest BCUT2D eigenvalue weighted by Gasteiger charge is -2.17. The van der Waals surface area contributed by atoms with Gasteiger partial charge in [0.2, 0.25) is 5.95 Å². The average Bonchev–Trinajstić information content (AvgIpc) is 3.26. The quantitative estimate of drug-likeness (QED) is 0.315. The molecule has 5 N–H and O–H groups in total. The number of aliphatic hydroxyl groups excluding tert-OH is 2. The van der Waals surface area contributed by atoms with E-state index in [0.29, 0.717) is 16.1 Å². The Bertz CT molecular complexity index is 1090. The Morgan fingerprint density at radius 3 is 2.64 bits per heavy atom. The lowest BCUT2D eigenvalue weighted by Crippen LogP contribution is -2.31. The number of aliphatic hydroxyl groups is 2. The molecule has 2 heterocycles. The van der Waals surface area contributed by atoms with E-state index in [9.17, 15) is 28.2 Å². The molecular formula is C20H20ClF3N6O3. The number of benzene rings is 1. The fourth-order valence-electron chi connectivity index (χ4n) is 2.98. The second-order valence-corrected chi connectivity index (χ2v) is 7.48. The van der Waals surface area contributed by atoms with Gasteiger partial charge in [-0.25, -0.2) is 9.97 Å². The highest BCUT2D eigenvalue weighted by molar-refractivity contribution is 6.30. The normalized spacial score (nSPS) is 13.4. The number of amides is 1. The molecule has 3 rings (SSSR count). The maximum absolute atomic E-state index is 12.6. The third-order valence-electron chi connectivity index (χ3n) is 4.53. The van der Waals surface area contributed by atoms with Crippen molar-refractivity contribution in [1.82, 2.24) is 25.3 Å². The third kappa shape index (κ3) is 6.88. The second-order valence-electron chi connectivity index (χ2n) is 7.04. The molecule has 1 aromatic carbocycles. The number of nitrogens with zero attached hydrogens (tertiary/aromatic N) is 3. The summed E-state index contributed by atoms with van der Waals surface area (Å²) < 4.78 is 37.8. The minimum atomic E-state index is -4.48. The van der Waals surface area contributed by atoms with E-state index in [1.54, 1.807) is 24.3 Å². The van der Waals surface area contributed by atoms with Crippen molar-refractivity contribution in [2.45, 2.75) is 24.7 Å². The molecule has 0 aliphatic heterocycles. The van der Waals surface area contributed by atoms with Gasteiger partial charge in [-0.2, -0.15) is 18.2 Å². The molecule has 176 valence electrons. The molecule has 9 nitrogen and oxygen atoms in total. The highest BCUT2D eigenvalue weighted by atomic mass is 35.5. The second kappa shape index (κ2) is 10.6. The molecule has 0 saturated heterocycles. The van der Waals surface area contributed by atoms with Crippen molar-refractivity contribution in [3.8, 4) is 11.4 Å². The lowest BCUT2D eigenvalue weighted by molar-refractivity contribution is -0.138. The van der Waals surface area contributed by atoms with E-state index >= 15 is 0 Å². The van der Waals surface area contributed by atoms with Crippen LogP contribution >= 0.6 is 11.6 Å². The maximum Gasteiger partial charge on any atom is 0.391 e. The van der Waals surface area contributed by atoms with E-state index in [2.05, 4.69) is 30.6 Å². The zero-order chi connectivity index (χ0) is 24.0. The van der Waals surface area contributed by atoms with Crippen LogP contribution in [0.5, 0.6) is 0 Å². The van der Waals surface area contributed by atoms with E-state index in [0.717, 1.165) is 6.33 Å². The maximum atomic E-state index is 12.6. The summed E-state index contributed by atoms with van der Waals surface area (Å²) in [4.78, 5) is 27.2. The molecular weight excluding hydrogens is 465 g/mol. The van der Waals surface area contributed by atoms with Crippen LogP contribution in [0.3, 0.4) is 0 Å². The van der Waals surface area contributed by atoms with Gasteiger partial charge in [0.15, 0.2) is 5.82 Å². The summed E-state index contributed by atoms with van der Waals surface area (Å²) in [5.74, 6) is -0.574. The zero-order valence-electron chi connectivity index (χ0n) is 17.0. The van der Waals surface area contributed by atoms with Gasteiger partial charge in [-0.15, -0.1) is 0 Å². The SMILES string of the molecule is O=C(N[C@H](CO)c1cccc(Cl)c1)c1cc(-c2ncnc(NC(CO)CC(F)(F)F)n2)c[nH]1. The molecule has 0 fully saturated rings. The van der Waals surface area contributed by atoms with Crippen molar-refractivity contribution in [3.05, 3.63) is 59.1 Å². The first-order valence-electron chi connectivity index (χ1n) is 9.67. The van der Waals surface area contributed by atoms with Crippen LogP contribution in [-0.4, -0.2) is 61.5 Å². The van der Waals surface area contributed by atoms with Crippen molar-refractivity contribution < 1.29 is 28.2 Å². The molecule has 1 unspecified atom stereocenters. The summed E-state index contributed by atoms with van der Waals surface area (Å²) in [5, 5.41) is 24.4. The van der Waals surface area contributed by atoms with Gasteiger partial charge in [0.1, 0.15) is 12.0 Å². The van der Waals surface area contributed by atoms with Crippen LogP contribution in [0.2, 0.25) is 5.02 Å². The summed E-state index contributed by atoms with van der Waals surface area (Å²) in [6, 6.07) is 6.13. The number of hydrogen-bond donors (Lipinski definition) is 5. The molecule has 13 heteroatoms. The summed E-state index contributed by atoms with van der Waals surface area (Å²) in [7, 11) is 0. The molecule has 0 saturated carbocycles. The first-order chi connectivity index (χ1) is 15.7. The van der Waals surface area contributed by atoms with Gasteiger partial charge >= 0.3 is 6.18 Å². The minimum Gasteiger partial charge on any atom is -0.394 e. The summed E-state index contributed by atoms with van der Waals surface area (Å²) in [5.41, 5.74) is 1.14. The molecule has 0 radical (unpaired) electrons. The van der Waals surface area contributed by atoms with Gasteiger partial charge < -0.3 is 25.8 Å². The zero-order valence-corrected chi connectivity index (χ0v) is 17.7. The van der Waals surface area contributed by atoms with E-state index in [1.165, 1.54) is 12.3 Å². The molecule has 2 atom stereocenters. The molecule has 0 aliphatic rings. The first-order valence-corrected chi connectivity index (χ1v) is 10.1. The molecule has 0 spiro atoms. The highest BCUT2D eigenvalue weighted by Gasteiger charge is 2.32. The number of H-pyrrole nitrogens is 1. The fourth-order valence-corrected chi connectivity index (χ4v) is 3.18. The fraction of sp³-hybridized carbons (Fsp3) is 0.300. The average molecular weight is 485 g/mol. The minimum absolute atomic E-state index is 0.0973. The van der Waals surface area contributed by atoms with Crippen molar-refractivity contribution >= 4 is 23.5 Å². The van der Waals surface area contributed by atoms with Crippen LogP contribution in [-0.2, 0) is 0 Å². The van der Waals surface area contributed by atoms with Crippen LogP contribution < -0.4 is 10.6 Å². The number of halogens is 4. The Hall–Kier alpha value is -3.22. The van der Waals surface area contributed by atoms with Gasteiger partial charge in [-0.1, -0.05) is 23.7 Å². The van der Waals surface area contributed by atoms with Crippen molar-refractivity contribution in [2.75, 3.05) is 18.5 Å². The summed E-state index contributed by atoms with van der Waals surface area (Å²) in [6.07, 6.45) is -3.20. The first kappa shape index (κ1) is 24.4. The number of hydrogen-bond acceptors (Lipinski definition) is 7. The Morgan fingerprint density at radius 2 is 1.97 bits per heavy atom. The van der Waals surface area contributed by atoms with E-state index in [4.69, 9.17) is 11.6 Å². The number of aromatic amines is 1. The van der Waals surface area contributed by atoms with Gasteiger partial charge in [-0.3, -0.25) is 4.79 Å². The molecule has 0 bridgehead atoms. The number of alkyl halides is 3. The Kier molecular flexibility index (Phi) is 7.84. The molecule has 0 aliphatic carbocycles. The number of carbonyl (C=O) groups excluding carboxylic acids is 1. The predicted octanol–water partition coefficient (Wildman–Crippen LogP) is 2.71. The molecule has 33 heavy (non-hydrogen) atoms. The number of nitrogens with one attached hydrogen (secondary N) is 3. The largest absolute Gasteiger partial charge is 0.394 e. The van der Waals surface area contributed by atoms with E-state index in [1.807, 2.05) is 0 Å². The van der Waals surface area contributed by atoms with Crippen LogP contribution in [0.1, 0.15) is 28.5 Å². The van der Waals surface area contributed by atoms with Crippen LogP contribution in [0.25, 0.3) is 11.4 Å². The van der Waals surface area contributed by atoms with Crippen molar-refractivity contribution in [2.24, 2.45) is 0 Å². The Balaban J connectivity index is 1.72. The number of anilines is 1. The topological polar surface area (TPSA) is 136 Å². The smallest absolute Gasteiger partial charge is 0.391 e. The Labute approximate surface area is 191 Å². The molecule has 2 aromatic heterocycles. The van der Waals surface area contributed by atoms with Crippen molar-refractivity contribution in [3.63, 3.8) is 0 Å². The van der Waals surface area contributed by atoms with Gasteiger partial charge in [0.05, 0.1) is 31.7 Å².